The van der Waals surface area contributed by atoms with Gasteiger partial charge in [-0.1, -0.05) is 5.04 Å². The van der Waals surface area contributed by atoms with Crippen molar-refractivity contribution in [2.75, 3.05) is 0 Å². The van der Waals surface area contributed by atoms with E-state index in [1.807, 2.05) is 0 Å². The van der Waals surface area contributed by atoms with E-state index in [-0.39, 0.29) is 38.6 Å². The summed E-state index contributed by atoms with van der Waals surface area (Å²) in [6.07, 6.45) is 0. The Morgan fingerprint density at radius 3 is 1.25 bits per heavy atom. The third-order valence-corrected chi connectivity index (χ3v) is 0. The minimum absolute atomic E-state index is 0. The fraction of sp³-hybridized carbons (Fsp3) is 0. The Labute approximate surface area is 53.9 Å². The van der Waals surface area contributed by atoms with Crippen molar-refractivity contribution in [1.29, 1.82) is 0 Å². The molecule has 0 aromatic carbocycles. The second-order valence-corrected chi connectivity index (χ2v) is 0.0816. The summed E-state index contributed by atoms with van der Waals surface area (Å²) in [5.41, 5.74) is 0. The van der Waals surface area contributed by atoms with Crippen LogP contribution in [0.2, 0.25) is 0 Å². The molecule has 0 unspecified atom stereocenters. The molecule has 1 radical (unpaired) electrons. The van der Waals surface area contributed by atoms with E-state index < -0.39 is 0 Å². The predicted molar refractivity (Wildman–Crippen MR) is 6.34 cm³/mol. The molecular weight excluding hydrogens is 207 g/mol. The van der Waals surface area contributed by atoms with Crippen LogP contribution in [0.15, 0.2) is 0 Å². The second kappa shape index (κ2) is 8.90. The Balaban J connectivity index is 0. The average molecular weight is 209 g/mol. The largest absolute Gasteiger partial charge is 0.221 e. The summed E-state index contributed by atoms with van der Waals surface area (Å²) in [5, 5.41) is 15.5. The maximum atomic E-state index is 6.62. The van der Waals surface area contributed by atoms with Crippen molar-refractivity contribution in [2.24, 2.45) is 0 Å². The molecule has 0 atom stereocenters. The third-order valence-electron chi connectivity index (χ3n) is 0. The SMILES string of the molecule is OOO.[Tb]. The quantitative estimate of drug-likeness (QED) is 0.434. The molecule has 0 aromatic heterocycles. The van der Waals surface area contributed by atoms with Gasteiger partial charge in [-0.2, -0.15) is 0 Å². The molecule has 0 aliphatic carbocycles. The van der Waals surface area contributed by atoms with Gasteiger partial charge in [-0.3, -0.25) is 0 Å². The van der Waals surface area contributed by atoms with Gasteiger partial charge < -0.3 is 0 Å². The first kappa shape index (κ1) is 8.94. The van der Waals surface area contributed by atoms with Crippen LogP contribution < -0.4 is 0 Å². The summed E-state index contributed by atoms with van der Waals surface area (Å²) >= 11 is 0. The zero-order chi connectivity index (χ0) is 2.71. The van der Waals surface area contributed by atoms with Crippen LogP contribution in [0, 0.1) is 38.6 Å². The van der Waals surface area contributed by atoms with Crippen LogP contribution >= 0.6 is 0 Å². The minimum Gasteiger partial charge on any atom is -0.221 e. The van der Waals surface area contributed by atoms with Gasteiger partial charge in [0.15, 0.2) is 0 Å². The Morgan fingerprint density at radius 1 is 1.25 bits per heavy atom. The Hall–Kier alpha value is 1.17. The van der Waals surface area contributed by atoms with Crippen molar-refractivity contribution >= 4 is 0 Å². The van der Waals surface area contributed by atoms with Crippen LogP contribution in [0.1, 0.15) is 0 Å². The topological polar surface area (TPSA) is 49.7 Å². The van der Waals surface area contributed by atoms with E-state index in [0.717, 1.165) is 0 Å². The zero-order valence-corrected chi connectivity index (χ0v) is 3.77. The maximum Gasteiger partial charge on any atom is 0 e. The first-order valence-electron chi connectivity index (χ1n) is 0.365. The molecule has 2 N–H and O–H groups in total. The van der Waals surface area contributed by atoms with E-state index in [1.54, 1.807) is 0 Å². The molecule has 3 nitrogen and oxygen atoms in total. The third kappa shape index (κ3) is 10.9. The Morgan fingerprint density at radius 2 is 1.25 bits per heavy atom. The molecular formula is H2O3Tb. The minimum atomic E-state index is 0. The van der Waals surface area contributed by atoms with Gasteiger partial charge in [0.2, 0.25) is 0 Å². The molecule has 0 rings (SSSR count). The summed E-state index contributed by atoms with van der Waals surface area (Å²) in [4.78, 5) is 0. The maximum absolute atomic E-state index is 6.62. The van der Waals surface area contributed by atoms with Crippen LogP contribution in [-0.4, -0.2) is 10.5 Å². The molecule has 4 heteroatoms. The Bertz CT molecular complexity index is 3.25. The summed E-state index contributed by atoms with van der Waals surface area (Å²) in [7, 11) is 0. The first-order chi connectivity index (χ1) is 1.41. The standard InChI is InChI=1S/H2O3.Tb/c1-3-2;/h1-2H;. The van der Waals surface area contributed by atoms with Crippen molar-refractivity contribution in [3.8, 4) is 0 Å². The summed E-state index contributed by atoms with van der Waals surface area (Å²) in [6, 6.07) is 0. The van der Waals surface area contributed by atoms with Crippen LogP contribution in [0.25, 0.3) is 0 Å². The van der Waals surface area contributed by atoms with Gasteiger partial charge >= 0.3 is 0 Å². The van der Waals surface area contributed by atoms with Gasteiger partial charge in [0.25, 0.3) is 0 Å². The molecule has 0 aliphatic rings. The molecule has 0 saturated heterocycles. The summed E-state index contributed by atoms with van der Waals surface area (Å²) in [6.45, 7) is 0. The average Bonchev–Trinajstić information content (AvgIpc) is 0.918. The fourth-order valence-corrected chi connectivity index (χ4v) is 0. The van der Waals surface area contributed by atoms with E-state index in [1.165, 1.54) is 0 Å². The fourth-order valence-electron chi connectivity index (χ4n) is 0. The molecule has 29 valence electrons. The van der Waals surface area contributed by atoms with E-state index >= 15 is 0 Å². The zero-order valence-electron chi connectivity index (χ0n) is 1.64. The van der Waals surface area contributed by atoms with E-state index in [4.69, 9.17) is 10.5 Å². The van der Waals surface area contributed by atoms with Crippen LogP contribution in [0.3, 0.4) is 0 Å². The van der Waals surface area contributed by atoms with E-state index in [0.29, 0.717) is 0 Å². The number of hydrogen-bond donors (Lipinski definition) is 2. The molecule has 0 heterocycles. The van der Waals surface area contributed by atoms with Crippen LogP contribution in [0.4, 0.5) is 0 Å². The van der Waals surface area contributed by atoms with Crippen molar-refractivity contribution in [2.45, 2.75) is 0 Å². The molecule has 0 spiro atoms. The van der Waals surface area contributed by atoms with Gasteiger partial charge in [0.05, 0.1) is 0 Å². The monoisotopic (exact) mass is 209 g/mol. The Kier molecular flexibility index (Phi) is 19.9. The van der Waals surface area contributed by atoms with Gasteiger partial charge in [0.1, 0.15) is 0 Å². The van der Waals surface area contributed by atoms with Gasteiger partial charge in [-0.15, -0.1) is 0 Å². The molecule has 0 amide bonds. The van der Waals surface area contributed by atoms with Crippen LogP contribution in [-0.2, 0) is 5.04 Å². The van der Waals surface area contributed by atoms with Crippen LogP contribution in [0.5, 0.6) is 0 Å². The van der Waals surface area contributed by atoms with Crippen molar-refractivity contribution in [3.05, 3.63) is 0 Å². The number of rotatable bonds is 0. The first-order valence-corrected chi connectivity index (χ1v) is 0.365. The second-order valence-electron chi connectivity index (χ2n) is 0.0816. The molecule has 0 saturated carbocycles. The van der Waals surface area contributed by atoms with Gasteiger partial charge in [-0.25, -0.2) is 10.5 Å². The molecule has 0 aliphatic heterocycles. The summed E-state index contributed by atoms with van der Waals surface area (Å²) in [5.74, 6) is 0. The van der Waals surface area contributed by atoms with Crippen molar-refractivity contribution in [1.82, 2.24) is 0 Å². The van der Waals surface area contributed by atoms with E-state index in [9.17, 15) is 0 Å². The number of hydrogen-bond acceptors (Lipinski definition) is 3. The van der Waals surface area contributed by atoms with E-state index in [2.05, 4.69) is 5.04 Å². The molecule has 0 bridgehead atoms. The van der Waals surface area contributed by atoms with Gasteiger partial charge in [0, 0.05) is 38.6 Å². The summed E-state index contributed by atoms with van der Waals surface area (Å²) < 4.78 is 0. The smallest absolute Gasteiger partial charge is 0 e. The molecule has 0 aromatic rings. The van der Waals surface area contributed by atoms with Crippen molar-refractivity contribution < 1.29 is 54.2 Å². The molecule has 4 heavy (non-hydrogen) atoms. The molecule has 0 fully saturated rings. The van der Waals surface area contributed by atoms with Crippen molar-refractivity contribution in [3.63, 3.8) is 0 Å². The predicted octanol–water partition coefficient (Wildman–Crippen LogP) is -0.0510. The van der Waals surface area contributed by atoms with Gasteiger partial charge in [-0.05, 0) is 0 Å². The normalized spacial score (nSPS) is 4.50.